The molecular weight excluding hydrogens is 712 g/mol. The van der Waals surface area contributed by atoms with Crippen LogP contribution in [0.1, 0.15) is 86.6 Å². The van der Waals surface area contributed by atoms with Gasteiger partial charge in [-0.25, -0.2) is 19.2 Å². The van der Waals surface area contributed by atoms with Crippen molar-refractivity contribution in [2.75, 3.05) is 0 Å². The SMILES string of the molecule is O=CC1c2cc(C(=O)O)ccc2-c2ccc(C(=O)O)cc21.O=CC1c2cc(C(=O)OCc3ccccc3)ccc2-c2ccc(C(=O)OCc3ccccc3)cc21. The Morgan fingerprint density at radius 2 is 0.750 bits per heavy atom. The lowest BCUT2D eigenvalue weighted by Gasteiger charge is -2.09. The number of carboxylic acids is 2. The summed E-state index contributed by atoms with van der Waals surface area (Å²) in [5, 5.41) is 18.1. The van der Waals surface area contributed by atoms with Crippen LogP contribution >= 0.6 is 0 Å². The van der Waals surface area contributed by atoms with Crippen LogP contribution in [0.15, 0.2) is 133 Å². The highest BCUT2D eigenvalue weighted by molar-refractivity contribution is 5.98. The molecule has 0 aromatic heterocycles. The number of hydrogen-bond acceptors (Lipinski definition) is 8. The lowest BCUT2D eigenvalue weighted by molar-refractivity contribution is -0.109. The smallest absolute Gasteiger partial charge is 0.338 e. The minimum atomic E-state index is -1.07. The summed E-state index contributed by atoms with van der Waals surface area (Å²) in [6, 6.07) is 38.5. The van der Waals surface area contributed by atoms with Crippen LogP contribution in [0.4, 0.5) is 0 Å². The monoisotopic (exact) mass is 744 g/mol. The average molecular weight is 745 g/mol. The summed E-state index contributed by atoms with van der Waals surface area (Å²) in [4.78, 5) is 70.9. The van der Waals surface area contributed by atoms with E-state index < -0.39 is 35.7 Å². The molecule has 6 aromatic rings. The Labute approximate surface area is 320 Å². The minimum absolute atomic E-state index is 0.104. The molecule has 0 atom stereocenters. The zero-order valence-corrected chi connectivity index (χ0v) is 29.6. The van der Waals surface area contributed by atoms with Crippen molar-refractivity contribution in [3.05, 3.63) is 189 Å². The van der Waals surface area contributed by atoms with E-state index in [9.17, 15) is 28.8 Å². The number of benzene rings is 6. The summed E-state index contributed by atoms with van der Waals surface area (Å²) in [5.41, 5.74) is 8.65. The fourth-order valence-electron chi connectivity index (χ4n) is 7.02. The largest absolute Gasteiger partial charge is 0.478 e. The highest BCUT2D eigenvalue weighted by Crippen LogP contribution is 2.46. The number of carboxylic acid groups (broad SMARTS) is 2. The molecule has 0 heterocycles. The van der Waals surface area contributed by atoms with Crippen LogP contribution in [-0.2, 0) is 32.3 Å². The van der Waals surface area contributed by atoms with Gasteiger partial charge in [0.2, 0.25) is 0 Å². The standard InChI is InChI=1S/C30H22O5.C16H10O5/c31-17-28-26-15-22(29(32)34-18-20-7-3-1-4-8-20)11-13-24(26)25-14-12-23(16-27(25)28)30(33)35-19-21-9-5-2-6-10-21;17-7-14-12-5-8(15(18)19)1-3-10(12)11-4-2-9(16(20)21)6-13(11)14/h1-17,28H,18-19H2;1-7,14H,(H,18,19)(H,20,21). The van der Waals surface area contributed by atoms with Gasteiger partial charge in [-0.3, -0.25) is 0 Å². The molecule has 10 nitrogen and oxygen atoms in total. The Kier molecular flexibility index (Phi) is 10.5. The summed E-state index contributed by atoms with van der Waals surface area (Å²) >= 11 is 0. The minimum Gasteiger partial charge on any atom is -0.478 e. The Morgan fingerprint density at radius 3 is 1.05 bits per heavy atom. The first-order valence-electron chi connectivity index (χ1n) is 17.5. The fraction of sp³-hybridized carbons (Fsp3) is 0.0870. The number of carbonyl (C=O) groups is 6. The molecule has 276 valence electrons. The third kappa shape index (κ3) is 7.36. The molecule has 2 aliphatic carbocycles. The van der Waals surface area contributed by atoms with E-state index in [0.29, 0.717) is 28.5 Å². The van der Waals surface area contributed by atoms with Gasteiger partial charge in [0.25, 0.3) is 0 Å². The zero-order valence-electron chi connectivity index (χ0n) is 29.6. The number of aldehydes is 2. The Bertz CT molecular complexity index is 2360. The molecule has 56 heavy (non-hydrogen) atoms. The van der Waals surface area contributed by atoms with Gasteiger partial charge in [0.05, 0.1) is 34.1 Å². The fourth-order valence-corrected chi connectivity index (χ4v) is 7.02. The second-order valence-electron chi connectivity index (χ2n) is 13.2. The van der Waals surface area contributed by atoms with Gasteiger partial charge in [0.1, 0.15) is 25.8 Å². The highest BCUT2D eigenvalue weighted by Gasteiger charge is 2.32. The number of esters is 2. The molecular formula is C46H32O10. The van der Waals surface area contributed by atoms with Gasteiger partial charge in [-0.1, -0.05) is 84.9 Å². The van der Waals surface area contributed by atoms with E-state index in [-0.39, 0.29) is 24.3 Å². The van der Waals surface area contributed by atoms with Crippen LogP contribution in [-0.4, -0.2) is 46.7 Å². The van der Waals surface area contributed by atoms with Crippen LogP contribution in [0.25, 0.3) is 22.3 Å². The van der Waals surface area contributed by atoms with Gasteiger partial charge in [-0.2, -0.15) is 0 Å². The van der Waals surface area contributed by atoms with Crippen LogP contribution in [0, 0.1) is 0 Å². The van der Waals surface area contributed by atoms with Gasteiger partial charge in [0, 0.05) is 0 Å². The Morgan fingerprint density at radius 1 is 0.446 bits per heavy atom. The predicted molar refractivity (Wildman–Crippen MR) is 205 cm³/mol. The number of carbonyl (C=O) groups excluding carboxylic acids is 4. The van der Waals surface area contributed by atoms with E-state index in [0.717, 1.165) is 50.8 Å². The molecule has 2 N–H and O–H groups in total. The van der Waals surface area contributed by atoms with Gasteiger partial charge in [-0.05, 0) is 104 Å². The molecule has 0 spiro atoms. The molecule has 0 saturated heterocycles. The summed E-state index contributed by atoms with van der Waals surface area (Å²) in [5.74, 6) is -4.25. The number of aromatic carboxylic acids is 2. The van der Waals surface area contributed by atoms with Gasteiger partial charge < -0.3 is 29.3 Å². The van der Waals surface area contributed by atoms with Crippen molar-refractivity contribution in [1.82, 2.24) is 0 Å². The highest BCUT2D eigenvalue weighted by atomic mass is 16.5. The number of fused-ring (bicyclic) bond motifs is 6. The maximum absolute atomic E-state index is 12.6. The van der Waals surface area contributed by atoms with Crippen molar-refractivity contribution in [3.8, 4) is 22.3 Å². The maximum atomic E-state index is 12.6. The summed E-state index contributed by atoms with van der Waals surface area (Å²) < 4.78 is 10.9. The Balaban J connectivity index is 0.000000195. The molecule has 8 rings (SSSR count). The number of ether oxygens (including phenoxy) is 2. The zero-order chi connectivity index (χ0) is 39.3. The number of hydrogen-bond donors (Lipinski definition) is 2. The van der Waals surface area contributed by atoms with E-state index in [1.165, 1.54) is 24.3 Å². The van der Waals surface area contributed by atoms with E-state index in [1.807, 2.05) is 72.8 Å². The number of rotatable bonds is 10. The molecule has 0 amide bonds. The second kappa shape index (κ2) is 15.9. The van der Waals surface area contributed by atoms with Crippen LogP contribution < -0.4 is 0 Å². The molecule has 6 aromatic carbocycles. The van der Waals surface area contributed by atoms with E-state index in [4.69, 9.17) is 19.7 Å². The predicted octanol–water partition coefficient (Wildman–Crippen LogP) is 8.11. The van der Waals surface area contributed by atoms with Crippen molar-refractivity contribution < 1.29 is 48.5 Å². The van der Waals surface area contributed by atoms with Crippen LogP contribution in [0.5, 0.6) is 0 Å². The van der Waals surface area contributed by atoms with Crippen LogP contribution in [0.3, 0.4) is 0 Å². The van der Waals surface area contributed by atoms with Gasteiger partial charge in [0.15, 0.2) is 0 Å². The molecule has 0 saturated carbocycles. The van der Waals surface area contributed by atoms with Crippen molar-refractivity contribution in [1.29, 1.82) is 0 Å². The van der Waals surface area contributed by atoms with Crippen molar-refractivity contribution >= 4 is 36.4 Å². The maximum Gasteiger partial charge on any atom is 0.338 e. The van der Waals surface area contributed by atoms with E-state index >= 15 is 0 Å². The lowest BCUT2D eigenvalue weighted by Crippen LogP contribution is -2.07. The molecule has 0 fully saturated rings. The molecule has 0 unspecified atom stereocenters. The quantitative estimate of drug-likeness (QED) is 0.104. The summed E-state index contributed by atoms with van der Waals surface area (Å²) in [6.07, 6.45) is 1.55. The Hall–Kier alpha value is -7.46. The van der Waals surface area contributed by atoms with Crippen molar-refractivity contribution in [2.24, 2.45) is 0 Å². The first-order valence-corrected chi connectivity index (χ1v) is 17.5. The first-order chi connectivity index (χ1) is 27.2. The topological polar surface area (TPSA) is 161 Å². The van der Waals surface area contributed by atoms with E-state index in [1.54, 1.807) is 36.4 Å². The molecule has 10 heteroatoms. The van der Waals surface area contributed by atoms with Gasteiger partial charge >= 0.3 is 23.9 Å². The van der Waals surface area contributed by atoms with Crippen molar-refractivity contribution in [2.45, 2.75) is 25.0 Å². The molecule has 0 radical (unpaired) electrons. The summed E-state index contributed by atoms with van der Waals surface area (Å²) in [6.45, 7) is 0.338. The molecule has 2 aliphatic rings. The molecule has 0 bridgehead atoms. The van der Waals surface area contributed by atoms with Gasteiger partial charge in [-0.15, -0.1) is 0 Å². The third-order valence-corrected chi connectivity index (χ3v) is 9.79. The normalized spacial score (nSPS) is 12.1. The summed E-state index contributed by atoms with van der Waals surface area (Å²) in [7, 11) is 0. The average Bonchev–Trinajstić information content (AvgIpc) is 3.72. The first kappa shape index (κ1) is 36.9. The molecule has 0 aliphatic heterocycles. The lowest BCUT2D eigenvalue weighted by atomic mass is 9.96. The van der Waals surface area contributed by atoms with Crippen molar-refractivity contribution in [3.63, 3.8) is 0 Å². The third-order valence-electron chi connectivity index (χ3n) is 9.79. The van der Waals surface area contributed by atoms with E-state index in [2.05, 4.69) is 0 Å². The van der Waals surface area contributed by atoms with Crippen LogP contribution in [0.2, 0.25) is 0 Å². The second-order valence-corrected chi connectivity index (χ2v) is 13.2.